The third kappa shape index (κ3) is 3.98. The van der Waals surface area contributed by atoms with E-state index in [1.807, 2.05) is 6.92 Å². The Morgan fingerprint density at radius 2 is 2.29 bits per heavy atom. The maximum Gasteiger partial charge on any atom is 0.131 e. The number of hydrogen-bond acceptors (Lipinski definition) is 2. The van der Waals surface area contributed by atoms with E-state index >= 15 is 0 Å². The van der Waals surface area contributed by atoms with Crippen LogP contribution in [0, 0.1) is 0 Å². The third-order valence-corrected chi connectivity index (χ3v) is 1.54. The van der Waals surface area contributed by atoms with Crippen molar-refractivity contribution in [2.45, 2.75) is 12.8 Å². The summed E-state index contributed by atoms with van der Waals surface area (Å²) in [4.78, 5) is 0. The quantitative estimate of drug-likeness (QED) is 0.363. The summed E-state index contributed by atoms with van der Waals surface area (Å²) in [5.41, 5.74) is 0. The van der Waals surface area contributed by atoms with Crippen LogP contribution in [0.2, 0.25) is 0 Å². The molecule has 0 aliphatic carbocycles. The number of hydrogen-bond donors (Lipinski definition) is 0. The Morgan fingerprint density at radius 1 is 1.71 bits per heavy atom. The first-order valence-electron chi connectivity index (χ1n) is 2.45. The second-order valence-electron chi connectivity index (χ2n) is 1.26. The lowest BCUT2D eigenvalue weighted by Gasteiger charge is -2.07. The summed E-state index contributed by atoms with van der Waals surface area (Å²) in [5, 5.41) is 0. The van der Waals surface area contributed by atoms with Crippen molar-refractivity contribution in [2.24, 2.45) is 0 Å². The van der Waals surface area contributed by atoms with Gasteiger partial charge in [0.1, 0.15) is 5.91 Å². The van der Waals surface area contributed by atoms with Crippen LogP contribution in [-0.4, -0.2) is 29.9 Å². The van der Waals surface area contributed by atoms with E-state index in [-0.39, 0.29) is 5.91 Å². The molecule has 0 N–H and O–H groups in total. The molecular weight excluding hydrogens is 108 g/mol. The molecule has 3 heteroatoms. The summed E-state index contributed by atoms with van der Waals surface area (Å²) in [6.07, 6.45) is 0. The molecule has 44 valence electrons. The maximum atomic E-state index is 5.03. The Hall–Kier alpha value is 0.137. The van der Waals surface area contributed by atoms with Crippen molar-refractivity contribution in [2.75, 3.05) is 13.7 Å². The average Bonchev–Trinajstić information content (AvgIpc) is 1.68. The summed E-state index contributed by atoms with van der Waals surface area (Å²) in [6.45, 7) is 2.71. The van der Waals surface area contributed by atoms with Gasteiger partial charge in [-0.1, -0.05) is 0 Å². The van der Waals surface area contributed by atoms with E-state index in [1.54, 1.807) is 7.11 Å². The van der Waals surface area contributed by atoms with Gasteiger partial charge in [-0.05, 0) is 6.92 Å². The zero-order valence-electron chi connectivity index (χ0n) is 5.10. The minimum atomic E-state index is 0.0880. The van der Waals surface area contributed by atoms with Crippen LogP contribution >= 0.6 is 0 Å². The SMILES string of the molecule is CCOC([SiH3])OC. The van der Waals surface area contributed by atoms with Crippen LogP contribution in [0.3, 0.4) is 0 Å². The molecular formula is C4H12O2Si. The maximum absolute atomic E-state index is 5.03. The summed E-state index contributed by atoms with van der Waals surface area (Å²) < 4.78 is 9.86. The highest BCUT2D eigenvalue weighted by Crippen LogP contribution is 1.82. The van der Waals surface area contributed by atoms with Crippen molar-refractivity contribution in [1.82, 2.24) is 0 Å². The van der Waals surface area contributed by atoms with Crippen molar-refractivity contribution in [1.29, 1.82) is 0 Å². The molecule has 0 saturated carbocycles. The van der Waals surface area contributed by atoms with E-state index in [1.165, 1.54) is 0 Å². The molecule has 7 heavy (non-hydrogen) atoms. The largest absolute Gasteiger partial charge is 0.361 e. The summed E-state index contributed by atoms with van der Waals surface area (Å²) >= 11 is 0. The van der Waals surface area contributed by atoms with Gasteiger partial charge in [0, 0.05) is 13.7 Å². The Balaban J connectivity index is 2.83. The number of ether oxygens (including phenoxy) is 2. The lowest BCUT2D eigenvalue weighted by Crippen LogP contribution is -2.13. The van der Waals surface area contributed by atoms with E-state index in [9.17, 15) is 0 Å². The summed E-state index contributed by atoms with van der Waals surface area (Å²) in [6, 6.07) is 0. The Kier molecular flexibility index (Phi) is 4.38. The topological polar surface area (TPSA) is 18.5 Å². The monoisotopic (exact) mass is 120 g/mol. The highest BCUT2D eigenvalue weighted by molar-refractivity contribution is 6.09. The van der Waals surface area contributed by atoms with Gasteiger partial charge in [0.05, 0.1) is 10.2 Å². The first kappa shape index (κ1) is 7.14. The standard InChI is InChI=1S/C4H12O2Si/c1-3-6-4(7)5-2/h4H,3H2,1-2,7H3. The van der Waals surface area contributed by atoms with Gasteiger partial charge >= 0.3 is 0 Å². The normalized spacial score (nSPS) is 14.6. The van der Waals surface area contributed by atoms with Gasteiger partial charge in [-0.25, -0.2) is 0 Å². The van der Waals surface area contributed by atoms with Gasteiger partial charge in [0.2, 0.25) is 0 Å². The lowest BCUT2D eigenvalue weighted by molar-refractivity contribution is -0.0617. The van der Waals surface area contributed by atoms with Crippen molar-refractivity contribution in [3.8, 4) is 0 Å². The van der Waals surface area contributed by atoms with E-state index in [0.29, 0.717) is 0 Å². The molecule has 0 aromatic carbocycles. The molecule has 0 aromatic heterocycles. The van der Waals surface area contributed by atoms with Crippen LogP contribution in [0.5, 0.6) is 0 Å². The molecule has 0 heterocycles. The van der Waals surface area contributed by atoms with Crippen LogP contribution in [-0.2, 0) is 9.47 Å². The molecule has 0 spiro atoms. The van der Waals surface area contributed by atoms with Crippen molar-refractivity contribution < 1.29 is 9.47 Å². The molecule has 0 fully saturated rings. The fourth-order valence-electron chi connectivity index (χ4n) is 0.303. The van der Waals surface area contributed by atoms with E-state index in [4.69, 9.17) is 9.47 Å². The predicted molar refractivity (Wildman–Crippen MR) is 32.4 cm³/mol. The first-order valence-corrected chi connectivity index (χ1v) is 3.61. The highest BCUT2D eigenvalue weighted by atomic mass is 28.1. The first-order chi connectivity index (χ1) is 3.31. The zero-order chi connectivity index (χ0) is 5.70. The Bertz CT molecular complexity index is 40.7. The van der Waals surface area contributed by atoms with E-state index < -0.39 is 0 Å². The minimum Gasteiger partial charge on any atom is -0.361 e. The van der Waals surface area contributed by atoms with E-state index in [2.05, 4.69) is 0 Å². The smallest absolute Gasteiger partial charge is 0.131 e. The van der Waals surface area contributed by atoms with Crippen LogP contribution in [0.1, 0.15) is 6.92 Å². The zero-order valence-corrected chi connectivity index (χ0v) is 7.10. The Labute approximate surface area is 47.2 Å². The second kappa shape index (κ2) is 4.30. The number of methoxy groups -OCH3 is 1. The molecule has 0 amide bonds. The molecule has 0 radical (unpaired) electrons. The van der Waals surface area contributed by atoms with Crippen LogP contribution in [0.15, 0.2) is 0 Å². The summed E-state index contributed by atoms with van der Waals surface area (Å²) in [5.74, 6) is 0.0880. The van der Waals surface area contributed by atoms with Gasteiger partial charge in [0.15, 0.2) is 0 Å². The summed E-state index contributed by atoms with van der Waals surface area (Å²) in [7, 11) is 2.62. The van der Waals surface area contributed by atoms with Crippen molar-refractivity contribution >= 4 is 10.2 Å². The molecule has 0 aliphatic heterocycles. The van der Waals surface area contributed by atoms with Crippen molar-refractivity contribution in [3.63, 3.8) is 0 Å². The second-order valence-corrected chi connectivity index (χ2v) is 2.20. The molecule has 0 aliphatic rings. The lowest BCUT2D eigenvalue weighted by atomic mass is 10.9. The third-order valence-electron chi connectivity index (χ3n) is 0.733. The van der Waals surface area contributed by atoms with E-state index in [0.717, 1.165) is 16.8 Å². The van der Waals surface area contributed by atoms with Crippen LogP contribution in [0.25, 0.3) is 0 Å². The molecule has 1 atom stereocenters. The Morgan fingerprint density at radius 3 is 2.43 bits per heavy atom. The van der Waals surface area contributed by atoms with Crippen molar-refractivity contribution in [3.05, 3.63) is 0 Å². The fourth-order valence-corrected chi connectivity index (χ4v) is 0.636. The van der Waals surface area contributed by atoms with Crippen LogP contribution in [0.4, 0.5) is 0 Å². The molecule has 2 nitrogen and oxygen atoms in total. The molecule has 0 saturated heterocycles. The number of rotatable bonds is 3. The molecule has 0 rings (SSSR count). The average molecular weight is 120 g/mol. The highest BCUT2D eigenvalue weighted by Gasteiger charge is 1.91. The van der Waals surface area contributed by atoms with Crippen LogP contribution < -0.4 is 0 Å². The molecule has 0 aromatic rings. The molecule has 0 bridgehead atoms. The van der Waals surface area contributed by atoms with Gasteiger partial charge in [0.25, 0.3) is 0 Å². The predicted octanol–water partition coefficient (Wildman–Crippen LogP) is -0.682. The molecule has 1 unspecified atom stereocenters. The fraction of sp³-hybridized carbons (Fsp3) is 1.00. The minimum absolute atomic E-state index is 0.0880. The van der Waals surface area contributed by atoms with Gasteiger partial charge < -0.3 is 9.47 Å². The van der Waals surface area contributed by atoms with Gasteiger partial charge in [-0.15, -0.1) is 0 Å². The van der Waals surface area contributed by atoms with Gasteiger partial charge in [-0.2, -0.15) is 0 Å². The van der Waals surface area contributed by atoms with Gasteiger partial charge in [-0.3, -0.25) is 0 Å².